The van der Waals surface area contributed by atoms with Gasteiger partial charge in [0.15, 0.2) is 0 Å². The molecule has 0 aliphatic rings. The monoisotopic (exact) mass is 309 g/mol. The number of nitrogens with one attached hydrogen (secondary N) is 1. The summed E-state index contributed by atoms with van der Waals surface area (Å²) in [7, 11) is 1.67. The molecule has 1 aromatic rings. The Kier molecular flexibility index (Phi) is 5.01. The zero-order valence-corrected chi connectivity index (χ0v) is 11.3. The Balaban J connectivity index is 2.79. The predicted molar refractivity (Wildman–Crippen MR) is 66.0 cm³/mol. The Hall–Kier alpha value is -0.550. The van der Waals surface area contributed by atoms with Gasteiger partial charge in [-0.05, 0) is 37.6 Å². The topological polar surface area (TPSA) is 12.0 Å². The van der Waals surface area contributed by atoms with Crippen molar-refractivity contribution >= 4 is 15.9 Å². The first-order valence-electron chi connectivity index (χ1n) is 5.33. The van der Waals surface area contributed by atoms with Crippen molar-refractivity contribution < 1.29 is 13.2 Å². The van der Waals surface area contributed by atoms with Crippen LogP contribution in [0.1, 0.15) is 30.0 Å². The van der Waals surface area contributed by atoms with Crippen LogP contribution in [0.15, 0.2) is 22.7 Å². The van der Waals surface area contributed by atoms with E-state index in [9.17, 15) is 13.2 Å². The lowest BCUT2D eigenvalue weighted by Gasteiger charge is -2.19. The van der Waals surface area contributed by atoms with E-state index in [1.807, 2.05) is 25.1 Å². The number of hydrogen-bond donors (Lipinski definition) is 1. The van der Waals surface area contributed by atoms with Crippen molar-refractivity contribution in [3.05, 3.63) is 33.8 Å². The van der Waals surface area contributed by atoms with Gasteiger partial charge < -0.3 is 5.32 Å². The molecule has 1 N–H and O–H groups in total. The second-order valence-corrected chi connectivity index (χ2v) is 4.87. The van der Waals surface area contributed by atoms with Gasteiger partial charge in [-0.2, -0.15) is 13.2 Å². The Bertz CT molecular complexity index is 377. The quantitative estimate of drug-likeness (QED) is 0.871. The molecule has 5 heteroatoms. The highest BCUT2D eigenvalue weighted by atomic mass is 79.9. The van der Waals surface area contributed by atoms with Crippen LogP contribution in [0.2, 0.25) is 0 Å². The second kappa shape index (κ2) is 5.87. The summed E-state index contributed by atoms with van der Waals surface area (Å²) in [5.74, 6) is 0. The van der Waals surface area contributed by atoms with Crippen molar-refractivity contribution in [2.75, 3.05) is 7.05 Å². The van der Waals surface area contributed by atoms with Crippen LogP contribution < -0.4 is 5.32 Å². The normalized spacial score (nSPS) is 13.8. The molecule has 1 nitrogen and oxygen atoms in total. The van der Waals surface area contributed by atoms with Crippen molar-refractivity contribution in [3.8, 4) is 0 Å². The molecule has 1 aromatic carbocycles. The lowest BCUT2D eigenvalue weighted by Crippen LogP contribution is -2.20. The van der Waals surface area contributed by atoms with Gasteiger partial charge in [-0.15, -0.1) is 0 Å². The lowest BCUT2D eigenvalue weighted by atomic mass is 10.0. The molecule has 1 rings (SSSR count). The molecule has 0 heterocycles. The Morgan fingerprint density at radius 2 is 2.00 bits per heavy atom. The second-order valence-electron chi connectivity index (χ2n) is 4.02. The van der Waals surface area contributed by atoms with Gasteiger partial charge in [0.05, 0.1) is 0 Å². The van der Waals surface area contributed by atoms with E-state index in [2.05, 4.69) is 21.2 Å². The maximum absolute atomic E-state index is 12.2. The molecule has 0 radical (unpaired) electrons. The van der Waals surface area contributed by atoms with Gasteiger partial charge in [-0.25, -0.2) is 0 Å². The molecular formula is C12H15BrF3N. The van der Waals surface area contributed by atoms with Gasteiger partial charge in [0, 0.05) is 16.9 Å². The van der Waals surface area contributed by atoms with E-state index in [1.165, 1.54) is 0 Å². The third-order valence-corrected chi connectivity index (χ3v) is 3.28. The summed E-state index contributed by atoms with van der Waals surface area (Å²) in [5.41, 5.74) is 1.94. The molecule has 0 spiro atoms. The predicted octanol–water partition coefficient (Wildman–Crippen LogP) is 4.36. The maximum Gasteiger partial charge on any atom is 0.389 e. The molecule has 0 fully saturated rings. The van der Waals surface area contributed by atoms with Crippen LogP contribution in [-0.4, -0.2) is 13.2 Å². The minimum absolute atomic E-state index is 0.0433. The third-order valence-electron chi connectivity index (χ3n) is 2.60. The zero-order valence-electron chi connectivity index (χ0n) is 9.74. The van der Waals surface area contributed by atoms with Crippen LogP contribution in [0, 0.1) is 6.92 Å². The summed E-state index contributed by atoms with van der Waals surface area (Å²) in [5, 5.41) is 2.92. The van der Waals surface area contributed by atoms with Gasteiger partial charge in [0.25, 0.3) is 0 Å². The Labute approximate surface area is 108 Å². The van der Waals surface area contributed by atoms with Gasteiger partial charge in [-0.1, -0.05) is 28.1 Å². The number of halogens is 4. The van der Waals surface area contributed by atoms with Crippen LogP contribution >= 0.6 is 15.9 Å². The largest absolute Gasteiger partial charge is 0.389 e. The van der Waals surface area contributed by atoms with Crippen molar-refractivity contribution in [2.24, 2.45) is 0 Å². The van der Waals surface area contributed by atoms with E-state index in [0.29, 0.717) is 0 Å². The first-order valence-corrected chi connectivity index (χ1v) is 6.13. The van der Waals surface area contributed by atoms with Gasteiger partial charge >= 0.3 is 6.18 Å². The Morgan fingerprint density at radius 3 is 2.47 bits per heavy atom. The summed E-state index contributed by atoms with van der Waals surface area (Å²) >= 11 is 3.39. The first-order chi connectivity index (χ1) is 7.83. The highest BCUT2D eigenvalue weighted by molar-refractivity contribution is 9.10. The van der Waals surface area contributed by atoms with Crippen molar-refractivity contribution in [1.82, 2.24) is 5.32 Å². The SMILES string of the molecule is CNC(CCC(F)(F)F)c1ccc(C)cc1Br. The van der Waals surface area contributed by atoms with Crippen LogP contribution in [0.3, 0.4) is 0 Å². The van der Waals surface area contributed by atoms with E-state index in [1.54, 1.807) is 7.05 Å². The van der Waals surface area contributed by atoms with Crippen LogP contribution in [0.5, 0.6) is 0 Å². The van der Waals surface area contributed by atoms with Crippen molar-refractivity contribution in [2.45, 2.75) is 32.0 Å². The summed E-state index contributed by atoms with van der Waals surface area (Å²) < 4.78 is 37.4. The fraction of sp³-hybridized carbons (Fsp3) is 0.500. The van der Waals surface area contributed by atoms with E-state index in [0.717, 1.165) is 15.6 Å². The average molecular weight is 310 g/mol. The highest BCUT2D eigenvalue weighted by Gasteiger charge is 2.28. The summed E-state index contributed by atoms with van der Waals surface area (Å²) in [4.78, 5) is 0. The minimum Gasteiger partial charge on any atom is -0.313 e. The molecule has 0 saturated heterocycles. The van der Waals surface area contributed by atoms with Crippen LogP contribution in [0.4, 0.5) is 13.2 Å². The smallest absolute Gasteiger partial charge is 0.313 e. The Morgan fingerprint density at radius 1 is 1.35 bits per heavy atom. The average Bonchev–Trinajstić information content (AvgIpc) is 2.19. The standard InChI is InChI=1S/C12H15BrF3N/c1-8-3-4-9(10(13)7-8)11(17-2)5-6-12(14,15)16/h3-4,7,11,17H,5-6H2,1-2H3. The molecule has 0 aliphatic heterocycles. The highest BCUT2D eigenvalue weighted by Crippen LogP contribution is 2.31. The minimum atomic E-state index is -4.10. The maximum atomic E-state index is 12.2. The summed E-state index contributed by atoms with van der Waals surface area (Å²) in [6.07, 6.45) is -4.84. The zero-order chi connectivity index (χ0) is 13.1. The number of hydrogen-bond acceptors (Lipinski definition) is 1. The number of alkyl halides is 3. The molecule has 0 saturated carbocycles. The molecule has 1 unspecified atom stereocenters. The van der Waals surface area contributed by atoms with E-state index in [4.69, 9.17) is 0 Å². The van der Waals surface area contributed by atoms with Crippen LogP contribution in [0.25, 0.3) is 0 Å². The molecule has 0 bridgehead atoms. The van der Waals surface area contributed by atoms with Crippen LogP contribution in [-0.2, 0) is 0 Å². The fourth-order valence-electron chi connectivity index (χ4n) is 1.68. The number of rotatable bonds is 4. The third kappa shape index (κ3) is 4.68. The van der Waals surface area contributed by atoms with E-state index in [-0.39, 0.29) is 12.5 Å². The van der Waals surface area contributed by atoms with Crippen molar-refractivity contribution in [1.29, 1.82) is 0 Å². The van der Waals surface area contributed by atoms with Crippen molar-refractivity contribution in [3.63, 3.8) is 0 Å². The summed E-state index contributed by atoms with van der Waals surface area (Å²) in [6.45, 7) is 1.94. The van der Waals surface area contributed by atoms with E-state index >= 15 is 0 Å². The number of aryl methyl sites for hydroxylation is 1. The van der Waals surface area contributed by atoms with Gasteiger partial charge in [0.1, 0.15) is 0 Å². The molecule has 1 atom stereocenters. The lowest BCUT2D eigenvalue weighted by molar-refractivity contribution is -0.136. The molecule has 0 aliphatic carbocycles. The van der Waals surface area contributed by atoms with Gasteiger partial charge in [-0.3, -0.25) is 0 Å². The summed E-state index contributed by atoms with van der Waals surface area (Å²) in [6, 6.07) is 5.38. The number of benzene rings is 1. The van der Waals surface area contributed by atoms with Gasteiger partial charge in [0.2, 0.25) is 0 Å². The molecule has 17 heavy (non-hydrogen) atoms. The fourth-order valence-corrected chi connectivity index (χ4v) is 2.45. The van der Waals surface area contributed by atoms with E-state index < -0.39 is 12.6 Å². The molecular weight excluding hydrogens is 295 g/mol. The first kappa shape index (κ1) is 14.5. The molecule has 96 valence electrons. The molecule has 0 aromatic heterocycles. The molecule has 0 amide bonds.